The van der Waals surface area contributed by atoms with Crippen LogP contribution in [0.3, 0.4) is 0 Å². The van der Waals surface area contributed by atoms with Crippen molar-refractivity contribution < 1.29 is 13.6 Å². The highest BCUT2D eigenvalue weighted by atomic mass is 79.9. The number of benzene rings is 2. The van der Waals surface area contributed by atoms with Gasteiger partial charge in [0.1, 0.15) is 11.6 Å². The lowest BCUT2D eigenvalue weighted by atomic mass is 10.0. The van der Waals surface area contributed by atoms with Gasteiger partial charge < -0.3 is 4.98 Å². The first-order chi connectivity index (χ1) is 9.54. The lowest BCUT2D eigenvalue weighted by Gasteiger charge is -2.01. The van der Waals surface area contributed by atoms with Crippen molar-refractivity contribution in [2.45, 2.75) is 0 Å². The molecule has 2 aromatic carbocycles. The van der Waals surface area contributed by atoms with E-state index in [4.69, 9.17) is 0 Å². The van der Waals surface area contributed by atoms with E-state index in [0.29, 0.717) is 10.9 Å². The molecule has 5 heteroatoms. The minimum absolute atomic E-state index is 0.0108. The summed E-state index contributed by atoms with van der Waals surface area (Å²) in [6.45, 7) is 0. The number of hydrogen-bond donors (Lipinski definition) is 1. The molecule has 3 aromatic rings. The number of rotatable bonds is 2. The summed E-state index contributed by atoms with van der Waals surface area (Å²) in [5, 5.41) is 0.703. The van der Waals surface area contributed by atoms with Crippen LogP contribution in [-0.4, -0.2) is 10.8 Å². The largest absolute Gasteiger partial charge is 0.360 e. The number of aromatic amines is 1. The molecule has 0 atom stereocenters. The monoisotopic (exact) mass is 335 g/mol. The van der Waals surface area contributed by atoms with Crippen LogP contribution < -0.4 is 0 Å². The molecule has 0 aliphatic heterocycles. The molecule has 3 rings (SSSR count). The van der Waals surface area contributed by atoms with Crippen LogP contribution in [-0.2, 0) is 0 Å². The van der Waals surface area contributed by atoms with Crippen LogP contribution in [0, 0.1) is 11.6 Å². The summed E-state index contributed by atoms with van der Waals surface area (Å²) in [6, 6.07) is 8.25. The normalized spacial score (nSPS) is 10.9. The quantitative estimate of drug-likeness (QED) is 0.690. The number of carbonyl (C=O) groups excluding carboxylic acids is 1. The Hall–Kier alpha value is -2.01. The minimum atomic E-state index is -0.769. The number of aromatic nitrogens is 1. The fraction of sp³-hybridized carbons (Fsp3) is 0. The minimum Gasteiger partial charge on any atom is -0.360 e. The van der Waals surface area contributed by atoms with Crippen molar-refractivity contribution in [2.75, 3.05) is 0 Å². The molecular weight excluding hydrogens is 328 g/mol. The average Bonchev–Trinajstić information content (AvgIpc) is 2.79. The van der Waals surface area contributed by atoms with Gasteiger partial charge in [-0.1, -0.05) is 15.9 Å². The average molecular weight is 336 g/mol. The van der Waals surface area contributed by atoms with Gasteiger partial charge in [-0.15, -0.1) is 0 Å². The molecule has 1 heterocycles. The topological polar surface area (TPSA) is 32.9 Å². The zero-order valence-corrected chi connectivity index (χ0v) is 11.7. The van der Waals surface area contributed by atoms with Gasteiger partial charge in [0.2, 0.25) is 0 Å². The van der Waals surface area contributed by atoms with Gasteiger partial charge in [0.05, 0.1) is 0 Å². The van der Waals surface area contributed by atoms with Crippen LogP contribution in [0.1, 0.15) is 15.9 Å². The van der Waals surface area contributed by atoms with E-state index in [1.807, 2.05) is 12.1 Å². The van der Waals surface area contributed by atoms with Crippen molar-refractivity contribution in [3.8, 4) is 0 Å². The van der Waals surface area contributed by atoms with E-state index in [9.17, 15) is 13.6 Å². The number of carbonyl (C=O) groups is 1. The van der Waals surface area contributed by atoms with E-state index in [2.05, 4.69) is 20.9 Å². The molecule has 0 spiro atoms. The van der Waals surface area contributed by atoms with Gasteiger partial charge in [-0.05, 0) is 30.3 Å². The van der Waals surface area contributed by atoms with Gasteiger partial charge >= 0.3 is 0 Å². The predicted octanol–water partition coefficient (Wildman–Crippen LogP) is 4.44. The number of fused-ring (bicyclic) bond motifs is 1. The van der Waals surface area contributed by atoms with E-state index in [0.717, 1.165) is 28.2 Å². The predicted molar refractivity (Wildman–Crippen MR) is 75.8 cm³/mol. The van der Waals surface area contributed by atoms with Crippen LogP contribution in [0.4, 0.5) is 8.78 Å². The molecule has 0 amide bonds. The zero-order chi connectivity index (χ0) is 14.3. The molecule has 100 valence electrons. The second kappa shape index (κ2) is 4.83. The molecule has 1 N–H and O–H groups in total. The van der Waals surface area contributed by atoms with E-state index >= 15 is 0 Å². The number of halogens is 3. The smallest absolute Gasteiger partial charge is 0.195 e. The van der Waals surface area contributed by atoms with Gasteiger partial charge in [0.25, 0.3) is 0 Å². The molecule has 20 heavy (non-hydrogen) atoms. The summed E-state index contributed by atoms with van der Waals surface area (Å²) >= 11 is 3.33. The summed E-state index contributed by atoms with van der Waals surface area (Å²) < 4.78 is 27.2. The molecule has 0 saturated heterocycles. The van der Waals surface area contributed by atoms with Gasteiger partial charge in [0, 0.05) is 38.8 Å². The Kier molecular flexibility index (Phi) is 3.14. The third kappa shape index (κ3) is 2.25. The maximum absolute atomic E-state index is 13.2. The lowest BCUT2D eigenvalue weighted by Crippen LogP contribution is -2.02. The third-order valence-electron chi connectivity index (χ3n) is 3.01. The van der Waals surface area contributed by atoms with Gasteiger partial charge in [-0.2, -0.15) is 0 Å². The molecule has 0 unspecified atom stereocenters. The maximum Gasteiger partial charge on any atom is 0.195 e. The van der Waals surface area contributed by atoms with Crippen LogP contribution >= 0.6 is 15.9 Å². The van der Waals surface area contributed by atoms with E-state index < -0.39 is 17.4 Å². The summed E-state index contributed by atoms with van der Waals surface area (Å²) in [4.78, 5) is 15.3. The van der Waals surface area contributed by atoms with Crippen LogP contribution in [0.15, 0.2) is 47.1 Å². The molecule has 0 fully saturated rings. The Bertz CT molecular complexity index is 806. The first kappa shape index (κ1) is 13.0. The Morgan fingerprint density at radius 3 is 2.45 bits per heavy atom. The maximum atomic E-state index is 13.2. The number of nitrogens with one attached hydrogen (secondary N) is 1. The number of H-pyrrole nitrogens is 1. The summed E-state index contributed by atoms with van der Waals surface area (Å²) in [7, 11) is 0. The molecule has 0 radical (unpaired) electrons. The summed E-state index contributed by atoms with van der Waals surface area (Å²) in [5.41, 5.74) is 1.16. The first-order valence-corrected chi connectivity index (χ1v) is 6.61. The second-order valence-electron chi connectivity index (χ2n) is 4.38. The Morgan fingerprint density at radius 2 is 1.75 bits per heavy atom. The van der Waals surface area contributed by atoms with E-state index in [1.54, 1.807) is 12.3 Å². The highest BCUT2D eigenvalue weighted by molar-refractivity contribution is 9.10. The molecule has 0 aliphatic carbocycles. The highest BCUT2D eigenvalue weighted by Gasteiger charge is 2.16. The molecule has 0 saturated carbocycles. The fourth-order valence-electron chi connectivity index (χ4n) is 2.12. The zero-order valence-electron chi connectivity index (χ0n) is 10.1. The van der Waals surface area contributed by atoms with Gasteiger partial charge in [0.15, 0.2) is 5.78 Å². The first-order valence-electron chi connectivity index (χ1n) is 5.82. The molecule has 0 aliphatic rings. The van der Waals surface area contributed by atoms with Crippen LogP contribution in [0.2, 0.25) is 0 Å². The second-order valence-corrected chi connectivity index (χ2v) is 5.30. The van der Waals surface area contributed by atoms with E-state index in [1.165, 1.54) is 0 Å². The lowest BCUT2D eigenvalue weighted by molar-refractivity contribution is 0.103. The molecule has 1 aromatic heterocycles. The van der Waals surface area contributed by atoms with Crippen LogP contribution in [0.5, 0.6) is 0 Å². The highest BCUT2D eigenvalue weighted by Crippen LogP contribution is 2.25. The van der Waals surface area contributed by atoms with Crippen molar-refractivity contribution in [3.05, 3.63) is 69.8 Å². The number of ketones is 1. The van der Waals surface area contributed by atoms with E-state index in [-0.39, 0.29) is 5.56 Å². The van der Waals surface area contributed by atoms with Crippen LogP contribution in [0.25, 0.3) is 10.9 Å². The van der Waals surface area contributed by atoms with Crippen molar-refractivity contribution in [2.24, 2.45) is 0 Å². The SMILES string of the molecule is O=C(c1cc(F)cc(F)c1)c1c[nH]c2ccc(Br)cc12. The summed E-state index contributed by atoms with van der Waals surface area (Å²) in [6.07, 6.45) is 1.54. The van der Waals surface area contributed by atoms with Crippen molar-refractivity contribution >= 4 is 32.6 Å². The molecular formula is C15H8BrF2NO. The standard InChI is InChI=1S/C15H8BrF2NO/c16-9-1-2-14-12(5-9)13(7-19-14)15(20)8-3-10(17)6-11(18)4-8/h1-7,19H. The summed E-state index contributed by atoms with van der Waals surface area (Å²) in [5.74, 6) is -1.96. The number of hydrogen-bond acceptors (Lipinski definition) is 1. The van der Waals surface area contributed by atoms with Crippen molar-refractivity contribution in [1.29, 1.82) is 0 Å². The van der Waals surface area contributed by atoms with Gasteiger partial charge in [-0.25, -0.2) is 8.78 Å². The Balaban J connectivity index is 2.15. The molecule has 2 nitrogen and oxygen atoms in total. The molecule has 0 bridgehead atoms. The Morgan fingerprint density at radius 1 is 1.05 bits per heavy atom. The Labute approximate surface area is 121 Å². The van der Waals surface area contributed by atoms with Gasteiger partial charge in [-0.3, -0.25) is 4.79 Å². The fourth-order valence-corrected chi connectivity index (χ4v) is 2.48. The third-order valence-corrected chi connectivity index (χ3v) is 3.51. The van der Waals surface area contributed by atoms with Crippen molar-refractivity contribution in [1.82, 2.24) is 4.98 Å². The van der Waals surface area contributed by atoms with Crippen molar-refractivity contribution in [3.63, 3.8) is 0 Å².